The number of aromatic amines is 1. The van der Waals surface area contributed by atoms with Crippen LogP contribution in [0.1, 0.15) is 11.1 Å². The highest BCUT2D eigenvalue weighted by Gasteiger charge is 2.10. The third-order valence-electron chi connectivity index (χ3n) is 3.20. The average Bonchev–Trinajstić information content (AvgIpc) is 2.77. The van der Waals surface area contributed by atoms with Crippen LogP contribution in [-0.4, -0.2) is 15.0 Å². The molecular formula is C14H14N4. The standard InChI is InChI=1S/C14H14N4/c1-8-6-10(15)7-11(9(8)2)13-17-12-4-3-5-16-14(12)18-13/h3-7H,15H2,1-2H3,(H,16,17,18). The summed E-state index contributed by atoms with van der Waals surface area (Å²) in [6.45, 7) is 4.13. The van der Waals surface area contributed by atoms with Crippen molar-refractivity contribution in [2.45, 2.75) is 13.8 Å². The van der Waals surface area contributed by atoms with E-state index in [1.54, 1.807) is 6.20 Å². The first-order valence-corrected chi connectivity index (χ1v) is 5.83. The number of hydrogen-bond acceptors (Lipinski definition) is 3. The molecule has 0 aliphatic heterocycles. The van der Waals surface area contributed by atoms with Crippen molar-refractivity contribution in [2.75, 3.05) is 5.73 Å². The minimum absolute atomic E-state index is 0.729. The molecule has 0 bridgehead atoms. The van der Waals surface area contributed by atoms with Gasteiger partial charge < -0.3 is 10.7 Å². The highest BCUT2D eigenvalue weighted by molar-refractivity contribution is 5.78. The summed E-state index contributed by atoms with van der Waals surface area (Å²) < 4.78 is 0. The van der Waals surface area contributed by atoms with Crippen molar-refractivity contribution in [2.24, 2.45) is 0 Å². The van der Waals surface area contributed by atoms with Crippen molar-refractivity contribution in [1.82, 2.24) is 15.0 Å². The van der Waals surface area contributed by atoms with Gasteiger partial charge in [-0.05, 0) is 49.2 Å². The quantitative estimate of drug-likeness (QED) is 0.640. The number of nitrogens with one attached hydrogen (secondary N) is 1. The van der Waals surface area contributed by atoms with Gasteiger partial charge in [0, 0.05) is 17.4 Å². The summed E-state index contributed by atoms with van der Waals surface area (Å²) in [6, 6.07) is 7.77. The summed E-state index contributed by atoms with van der Waals surface area (Å²) in [6.07, 6.45) is 1.74. The van der Waals surface area contributed by atoms with Gasteiger partial charge in [0.15, 0.2) is 5.65 Å². The van der Waals surface area contributed by atoms with Crippen LogP contribution in [-0.2, 0) is 0 Å². The Morgan fingerprint density at radius 1 is 1.22 bits per heavy atom. The third-order valence-corrected chi connectivity index (χ3v) is 3.20. The van der Waals surface area contributed by atoms with Crippen LogP contribution >= 0.6 is 0 Å². The molecule has 0 atom stereocenters. The number of imidazole rings is 1. The van der Waals surface area contributed by atoms with Crippen molar-refractivity contribution in [1.29, 1.82) is 0 Å². The molecule has 0 spiro atoms. The van der Waals surface area contributed by atoms with E-state index in [1.807, 2.05) is 24.3 Å². The fourth-order valence-corrected chi connectivity index (χ4v) is 2.11. The van der Waals surface area contributed by atoms with Crippen LogP contribution < -0.4 is 5.73 Å². The molecule has 3 rings (SSSR count). The van der Waals surface area contributed by atoms with E-state index in [-0.39, 0.29) is 0 Å². The van der Waals surface area contributed by atoms with E-state index in [9.17, 15) is 0 Å². The number of nitrogens with two attached hydrogens (primary N) is 1. The van der Waals surface area contributed by atoms with Gasteiger partial charge in [0.05, 0.1) is 5.52 Å². The number of nitrogen functional groups attached to an aromatic ring is 1. The topological polar surface area (TPSA) is 67.6 Å². The zero-order chi connectivity index (χ0) is 12.7. The first-order valence-electron chi connectivity index (χ1n) is 5.83. The van der Waals surface area contributed by atoms with E-state index in [1.165, 1.54) is 11.1 Å². The van der Waals surface area contributed by atoms with Crippen LogP contribution in [0.3, 0.4) is 0 Å². The molecule has 0 radical (unpaired) electrons. The van der Waals surface area contributed by atoms with Crippen molar-refractivity contribution in [3.63, 3.8) is 0 Å². The Morgan fingerprint density at radius 3 is 2.83 bits per heavy atom. The minimum atomic E-state index is 0.729. The molecule has 90 valence electrons. The molecule has 0 aliphatic rings. The zero-order valence-corrected chi connectivity index (χ0v) is 10.4. The molecule has 2 aromatic heterocycles. The Balaban J connectivity index is 2.26. The van der Waals surface area contributed by atoms with Crippen molar-refractivity contribution in [3.05, 3.63) is 41.6 Å². The Kier molecular flexibility index (Phi) is 2.30. The van der Waals surface area contributed by atoms with Gasteiger partial charge in [-0.2, -0.15) is 0 Å². The zero-order valence-electron chi connectivity index (χ0n) is 10.4. The fraction of sp³-hybridized carbons (Fsp3) is 0.143. The summed E-state index contributed by atoms with van der Waals surface area (Å²) >= 11 is 0. The minimum Gasteiger partial charge on any atom is -0.399 e. The van der Waals surface area contributed by atoms with E-state index in [0.717, 1.165) is 28.2 Å². The lowest BCUT2D eigenvalue weighted by atomic mass is 10.0. The predicted molar refractivity (Wildman–Crippen MR) is 73.2 cm³/mol. The molecule has 18 heavy (non-hydrogen) atoms. The van der Waals surface area contributed by atoms with Gasteiger partial charge in [-0.15, -0.1) is 0 Å². The Bertz CT molecular complexity index is 695. The highest BCUT2D eigenvalue weighted by atomic mass is 15.0. The van der Waals surface area contributed by atoms with Crippen molar-refractivity contribution < 1.29 is 0 Å². The van der Waals surface area contributed by atoms with Crippen LogP contribution in [0.25, 0.3) is 22.6 Å². The Morgan fingerprint density at radius 2 is 2.06 bits per heavy atom. The molecule has 0 fully saturated rings. The molecule has 3 N–H and O–H groups in total. The normalized spacial score (nSPS) is 11.0. The summed E-state index contributed by atoms with van der Waals surface area (Å²) in [4.78, 5) is 12.0. The Labute approximate surface area is 105 Å². The number of nitrogens with zero attached hydrogens (tertiary/aromatic N) is 2. The maximum Gasteiger partial charge on any atom is 0.178 e. The lowest BCUT2D eigenvalue weighted by Gasteiger charge is -2.07. The lowest BCUT2D eigenvalue weighted by Crippen LogP contribution is -1.93. The molecule has 0 saturated carbocycles. The summed E-state index contributed by atoms with van der Waals surface area (Å²) in [5, 5.41) is 0. The third kappa shape index (κ3) is 1.62. The van der Waals surface area contributed by atoms with Crippen LogP contribution in [0.5, 0.6) is 0 Å². The highest BCUT2D eigenvalue weighted by Crippen LogP contribution is 2.27. The number of aryl methyl sites for hydroxylation is 1. The molecule has 2 heterocycles. The molecule has 1 aromatic carbocycles. The monoisotopic (exact) mass is 238 g/mol. The number of H-pyrrole nitrogens is 1. The SMILES string of the molecule is Cc1cc(N)cc(-c2nc3ncccc3[nH]2)c1C. The summed E-state index contributed by atoms with van der Waals surface area (Å²) in [7, 11) is 0. The smallest absolute Gasteiger partial charge is 0.178 e. The van der Waals surface area contributed by atoms with Gasteiger partial charge in [-0.25, -0.2) is 9.97 Å². The molecule has 0 aliphatic carbocycles. The lowest BCUT2D eigenvalue weighted by molar-refractivity contribution is 1.26. The van der Waals surface area contributed by atoms with Gasteiger partial charge >= 0.3 is 0 Å². The largest absolute Gasteiger partial charge is 0.399 e. The van der Waals surface area contributed by atoms with E-state index in [2.05, 4.69) is 28.8 Å². The van der Waals surface area contributed by atoms with E-state index in [0.29, 0.717) is 0 Å². The van der Waals surface area contributed by atoms with Crippen LogP contribution in [0.4, 0.5) is 5.69 Å². The summed E-state index contributed by atoms with van der Waals surface area (Å²) in [5.41, 5.74) is 11.7. The van der Waals surface area contributed by atoms with E-state index in [4.69, 9.17) is 5.73 Å². The van der Waals surface area contributed by atoms with Crippen molar-refractivity contribution in [3.8, 4) is 11.4 Å². The Hall–Kier alpha value is -2.36. The van der Waals surface area contributed by atoms with E-state index < -0.39 is 0 Å². The summed E-state index contributed by atoms with van der Waals surface area (Å²) in [5.74, 6) is 0.816. The van der Waals surface area contributed by atoms with Crippen LogP contribution in [0.2, 0.25) is 0 Å². The van der Waals surface area contributed by atoms with Crippen molar-refractivity contribution >= 4 is 16.9 Å². The maximum atomic E-state index is 5.90. The number of pyridine rings is 1. The van der Waals surface area contributed by atoms with Gasteiger partial charge in [0.25, 0.3) is 0 Å². The molecule has 0 amide bonds. The number of fused-ring (bicyclic) bond motifs is 1. The first-order chi connectivity index (χ1) is 8.65. The number of hydrogen-bond donors (Lipinski definition) is 2. The first kappa shape index (κ1) is 10.8. The van der Waals surface area contributed by atoms with Crippen LogP contribution in [0, 0.1) is 13.8 Å². The number of rotatable bonds is 1. The molecular weight excluding hydrogens is 224 g/mol. The van der Waals surface area contributed by atoms with Gasteiger partial charge in [-0.3, -0.25) is 0 Å². The molecule has 4 nitrogen and oxygen atoms in total. The number of anilines is 1. The van der Waals surface area contributed by atoms with E-state index >= 15 is 0 Å². The second kappa shape index (κ2) is 3.84. The van der Waals surface area contributed by atoms with Crippen LogP contribution in [0.15, 0.2) is 30.5 Å². The molecule has 0 unspecified atom stereocenters. The van der Waals surface area contributed by atoms with Gasteiger partial charge in [0.1, 0.15) is 5.82 Å². The maximum absolute atomic E-state index is 5.90. The number of aromatic nitrogens is 3. The predicted octanol–water partition coefficient (Wildman–Crippen LogP) is 2.82. The molecule has 3 aromatic rings. The second-order valence-corrected chi connectivity index (χ2v) is 4.47. The second-order valence-electron chi connectivity index (χ2n) is 4.47. The number of benzene rings is 1. The van der Waals surface area contributed by atoms with Gasteiger partial charge in [-0.1, -0.05) is 0 Å². The molecule has 4 heteroatoms. The average molecular weight is 238 g/mol. The molecule has 0 saturated heterocycles. The van der Waals surface area contributed by atoms with Gasteiger partial charge in [0.2, 0.25) is 0 Å². The fourth-order valence-electron chi connectivity index (χ4n) is 2.11.